The van der Waals surface area contributed by atoms with Gasteiger partial charge in [0, 0.05) is 13.2 Å². The minimum absolute atomic E-state index is 0.110. The van der Waals surface area contributed by atoms with Gasteiger partial charge < -0.3 is 5.11 Å². The second kappa shape index (κ2) is 4.35. The van der Waals surface area contributed by atoms with E-state index in [4.69, 9.17) is 0 Å². The SMILES string of the molecule is CC1CCC(O)C(Cc2cnn(C)c2)C1. The van der Waals surface area contributed by atoms with Gasteiger partial charge in [-0.05, 0) is 43.1 Å². The molecule has 0 saturated heterocycles. The van der Waals surface area contributed by atoms with E-state index in [-0.39, 0.29) is 6.10 Å². The molecule has 84 valence electrons. The molecule has 1 heterocycles. The molecule has 1 fully saturated rings. The largest absolute Gasteiger partial charge is 0.393 e. The van der Waals surface area contributed by atoms with Crippen LogP contribution in [0.3, 0.4) is 0 Å². The third-order valence-electron chi connectivity index (χ3n) is 3.46. The van der Waals surface area contributed by atoms with E-state index in [9.17, 15) is 5.11 Å². The third-order valence-corrected chi connectivity index (χ3v) is 3.46. The minimum atomic E-state index is -0.110. The number of aliphatic hydroxyl groups is 1. The smallest absolute Gasteiger partial charge is 0.0571 e. The Labute approximate surface area is 91.1 Å². The maximum absolute atomic E-state index is 9.93. The zero-order valence-electron chi connectivity index (χ0n) is 9.56. The predicted molar refractivity (Wildman–Crippen MR) is 59.4 cm³/mol. The van der Waals surface area contributed by atoms with Crippen LogP contribution in [-0.2, 0) is 13.5 Å². The summed E-state index contributed by atoms with van der Waals surface area (Å²) in [6.07, 6.45) is 8.10. The Bertz CT molecular complexity index is 321. The molecule has 1 aliphatic carbocycles. The van der Waals surface area contributed by atoms with Crippen molar-refractivity contribution in [3.05, 3.63) is 18.0 Å². The number of aryl methyl sites for hydroxylation is 1. The second-order valence-electron chi connectivity index (χ2n) is 4.97. The molecule has 3 nitrogen and oxygen atoms in total. The lowest BCUT2D eigenvalue weighted by Crippen LogP contribution is -2.29. The van der Waals surface area contributed by atoms with E-state index < -0.39 is 0 Å². The van der Waals surface area contributed by atoms with Crippen molar-refractivity contribution >= 4 is 0 Å². The zero-order chi connectivity index (χ0) is 10.8. The maximum atomic E-state index is 9.93. The fourth-order valence-corrected chi connectivity index (χ4v) is 2.58. The molecule has 0 bridgehead atoms. The molecule has 0 radical (unpaired) electrons. The van der Waals surface area contributed by atoms with Crippen molar-refractivity contribution in [3.63, 3.8) is 0 Å². The molecule has 0 aliphatic heterocycles. The van der Waals surface area contributed by atoms with Crippen LogP contribution in [0.25, 0.3) is 0 Å². The van der Waals surface area contributed by atoms with Crippen molar-refractivity contribution in [2.24, 2.45) is 18.9 Å². The fourth-order valence-electron chi connectivity index (χ4n) is 2.58. The Hall–Kier alpha value is -0.830. The zero-order valence-corrected chi connectivity index (χ0v) is 9.56. The Morgan fingerprint density at radius 1 is 1.53 bits per heavy atom. The van der Waals surface area contributed by atoms with E-state index >= 15 is 0 Å². The normalized spacial score (nSPS) is 31.8. The lowest BCUT2D eigenvalue weighted by molar-refractivity contribution is 0.0519. The summed E-state index contributed by atoms with van der Waals surface area (Å²) in [5, 5.41) is 14.1. The molecule has 1 saturated carbocycles. The summed E-state index contributed by atoms with van der Waals surface area (Å²) in [5.74, 6) is 1.19. The van der Waals surface area contributed by atoms with E-state index in [2.05, 4.69) is 12.0 Å². The Morgan fingerprint density at radius 2 is 2.33 bits per heavy atom. The quantitative estimate of drug-likeness (QED) is 0.804. The average molecular weight is 208 g/mol. The number of aliphatic hydroxyl groups excluding tert-OH is 1. The van der Waals surface area contributed by atoms with Gasteiger partial charge in [-0.3, -0.25) is 4.68 Å². The highest BCUT2D eigenvalue weighted by Gasteiger charge is 2.27. The molecule has 0 spiro atoms. The van der Waals surface area contributed by atoms with Crippen molar-refractivity contribution < 1.29 is 5.11 Å². The molecule has 1 aromatic rings. The summed E-state index contributed by atoms with van der Waals surface area (Å²) < 4.78 is 1.83. The topological polar surface area (TPSA) is 38.1 Å². The van der Waals surface area contributed by atoms with E-state index in [1.807, 2.05) is 24.1 Å². The molecular weight excluding hydrogens is 188 g/mol. The number of hydrogen-bond donors (Lipinski definition) is 1. The summed E-state index contributed by atoms with van der Waals surface area (Å²) in [7, 11) is 1.93. The lowest BCUT2D eigenvalue weighted by atomic mass is 9.78. The molecule has 15 heavy (non-hydrogen) atoms. The van der Waals surface area contributed by atoms with E-state index in [0.717, 1.165) is 25.2 Å². The number of aromatic nitrogens is 2. The van der Waals surface area contributed by atoms with E-state index in [0.29, 0.717) is 5.92 Å². The summed E-state index contributed by atoms with van der Waals surface area (Å²) in [6, 6.07) is 0. The van der Waals surface area contributed by atoms with Gasteiger partial charge in [-0.2, -0.15) is 5.10 Å². The first-order valence-electron chi connectivity index (χ1n) is 5.80. The molecule has 1 N–H and O–H groups in total. The number of rotatable bonds is 2. The van der Waals surface area contributed by atoms with Crippen LogP contribution in [0.5, 0.6) is 0 Å². The van der Waals surface area contributed by atoms with Gasteiger partial charge in [0.2, 0.25) is 0 Å². The molecule has 0 aromatic carbocycles. The van der Waals surface area contributed by atoms with Crippen molar-refractivity contribution in [1.29, 1.82) is 0 Å². The Morgan fingerprint density at radius 3 is 3.00 bits per heavy atom. The lowest BCUT2D eigenvalue weighted by Gasteiger charge is -2.31. The van der Waals surface area contributed by atoms with Gasteiger partial charge in [0.25, 0.3) is 0 Å². The third kappa shape index (κ3) is 2.59. The Kier molecular flexibility index (Phi) is 3.10. The number of nitrogens with zero attached hydrogens (tertiary/aromatic N) is 2. The molecule has 3 atom stereocenters. The molecule has 1 aromatic heterocycles. The second-order valence-corrected chi connectivity index (χ2v) is 4.97. The van der Waals surface area contributed by atoms with Crippen LogP contribution in [0.4, 0.5) is 0 Å². The maximum Gasteiger partial charge on any atom is 0.0571 e. The predicted octanol–water partition coefficient (Wildman–Crippen LogP) is 1.76. The van der Waals surface area contributed by atoms with Gasteiger partial charge in [-0.15, -0.1) is 0 Å². The summed E-state index contributed by atoms with van der Waals surface area (Å²) in [4.78, 5) is 0. The molecule has 2 rings (SSSR count). The summed E-state index contributed by atoms with van der Waals surface area (Å²) in [5.41, 5.74) is 1.25. The van der Waals surface area contributed by atoms with Crippen LogP contribution in [-0.4, -0.2) is 21.0 Å². The average Bonchev–Trinajstić information content (AvgIpc) is 2.58. The fraction of sp³-hybridized carbons (Fsp3) is 0.750. The standard InChI is InChI=1S/C12H20N2O/c1-9-3-4-12(15)11(5-9)6-10-7-13-14(2)8-10/h7-9,11-12,15H,3-6H2,1-2H3. The minimum Gasteiger partial charge on any atom is -0.393 e. The highest BCUT2D eigenvalue weighted by Crippen LogP contribution is 2.31. The summed E-state index contributed by atoms with van der Waals surface area (Å²) in [6.45, 7) is 2.28. The first-order valence-corrected chi connectivity index (χ1v) is 5.80. The van der Waals surface area contributed by atoms with E-state index in [1.165, 1.54) is 12.0 Å². The van der Waals surface area contributed by atoms with Gasteiger partial charge in [0.05, 0.1) is 12.3 Å². The van der Waals surface area contributed by atoms with Crippen molar-refractivity contribution in [1.82, 2.24) is 9.78 Å². The molecular formula is C12H20N2O. The van der Waals surface area contributed by atoms with Gasteiger partial charge in [0.15, 0.2) is 0 Å². The first kappa shape index (κ1) is 10.7. The first-order chi connectivity index (χ1) is 7.15. The number of hydrogen-bond acceptors (Lipinski definition) is 2. The highest BCUT2D eigenvalue weighted by atomic mass is 16.3. The van der Waals surface area contributed by atoms with Crippen LogP contribution < -0.4 is 0 Å². The molecule has 3 unspecified atom stereocenters. The monoisotopic (exact) mass is 208 g/mol. The van der Waals surface area contributed by atoms with Gasteiger partial charge >= 0.3 is 0 Å². The molecule has 0 amide bonds. The van der Waals surface area contributed by atoms with Crippen molar-refractivity contribution in [3.8, 4) is 0 Å². The van der Waals surface area contributed by atoms with Gasteiger partial charge in [0.1, 0.15) is 0 Å². The van der Waals surface area contributed by atoms with Crippen LogP contribution in [0.1, 0.15) is 31.7 Å². The molecule has 1 aliphatic rings. The molecule has 3 heteroatoms. The van der Waals surface area contributed by atoms with Crippen LogP contribution in [0.15, 0.2) is 12.4 Å². The van der Waals surface area contributed by atoms with Crippen LogP contribution >= 0.6 is 0 Å². The highest BCUT2D eigenvalue weighted by molar-refractivity contribution is 5.05. The van der Waals surface area contributed by atoms with Crippen LogP contribution in [0, 0.1) is 11.8 Å². The van der Waals surface area contributed by atoms with Gasteiger partial charge in [-0.1, -0.05) is 6.92 Å². The van der Waals surface area contributed by atoms with Crippen molar-refractivity contribution in [2.45, 2.75) is 38.7 Å². The Balaban J connectivity index is 1.98. The van der Waals surface area contributed by atoms with Crippen LogP contribution in [0.2, 0.25) is 0 Å². The van der Waals surface area contributed by atoms with E-state index in [1.54, 1.807) is 0 Å². The summed E-state index contributed by atoms with van der Waals surface area (Å²) >= 11 is 0. The van der Waals surface area contributed by atoms with Gasteiger partial charge in [-0.25, -0.2) is 0 Å². The van der Waals surface area contributed by atoms with Crippen molar-refractivity contribution in [2.75, 3.05) is 0 Å².